The molecule has 0 bridgehead atoms. The summed E-state index contributed by atoms with van der Waals surface area (Å²) in [5, 5.41) is 9.23. The van der Waals surface area contributed by atoms with E-state index in [-0.39, 0.29) is 12.5 Å². The second-order valence-corrected chi connectivity index (χ2v) is 7.97. The predicted molar refractivity (Wildman–Crippen MR) is 133 cm³/mol. The number of carboxylic acid groups (broad SMARTS) is 1. The molecule has 2 aromatic rings. The Bertz CT molecular complexity index is 858. The van der Waals surface area contributed by atoms with Gasteiger partial charge in [-0.25, -0.2) is 9.59 Å². The lowest BCUT2D eigenvalue weighted by atomic mass is 10.1. The number of rotatable bonds is 17. The minimum absolute atomic E-state index is 0.285. The number of carbonyl (C=O) groups is 2. The Hall–Kier alpha value is -3.10. The minimum atomic E-state index is -0.979. The first-order valence-corrected chi connectivity index (χ1v) is 12.1. The molecule has 0 fully saturated rings. The van der Waals surface area contributed by atoms with Crippen molar-refractivity contribution < 1.29 is 33.6 Å². The molecule has 0 aliphatic carbocycles. The Morgan fingerprint density at radius 1 is 0.914 bits per heavy atom. The summed E-state index contributed by atoms with van der Waals surface area (Å²) in [5.41, 5.74) is 1.96. The molecule has 0 aromatic heterocycles. The van der Waals surface area contributed by atoms with Gasteiger partial charge in [0.05, 0.1) is 19.8 Å². The van der Waals surface area contributed by atoms with Crippen LogP contribution >= 0.6 is 0 Å². The molecule has 1 N–H and O–H groups in total. The van der Waals surface area contributed by atoms with Crippen LogP contribution in [0.2, 0.25) is 0 Å². The molecule has 0 radical (unpaired) electrons. The third-order valence-electron chi connectivity index (χ3n) is 5.13. The summed E-state index contributed by atoms with van der Waals surface area (Å²) in [4.78, 5) is 25.3. The quantitative estimate of drug-likeness (QED) is 0.327. The molecular formula is C27H37NO7. The van der Waals surface area contributed by atoms with E-state index in [0.717, 1.165) is 17.5 Å². The zero-order chi connectivity index (χ0) is 25.3. The number of ether oxygens (including phenoxy) is 4. The summed E-state index contributed by atoms with van der Waals surface area (Å²) in [6.45, 7) is 6.71. The maximum atomic E-state index is 12.4. The largest absolute Gasteiger partial charge is 0.492 e. The molecule has 0 spiro atoms. The van der Waals surface area contributed by atoms with Gasteiger partial charge < -0.3 is 29.0 Å². The summed E-state index contributed by atoms with van der Waals surface area (Å²) >= 11 is 0. The van der Waals surface area contributed by atoms with Crippen LogP contribution in [-0.2, 0) is 32.0 Å². The van der Waals surface area contributed by atoms with Gasteiger partial charge in [0.2, 0.25) is 0 Å². The van der Waals surface area contributed by atoms with Gasteiger partial charge in [-0.2, -0.15) is 0 Å². The Morgan fingerprint density at radius 2 is 1.66 bits per heavy atom. The monoisotopic (exact) mass is 487 g/mol. The summed E-state index contributed by atoms with van der Waals surface area (Å²) < 4.78 is 22.1. The lowest BCUT2D eigenvalue weighted by molar-refractivity contribution is -0.149. The van der Waals surface area contributed by atoms with Crippen molar-refractivity contribution in [3.05, 3.63) is 65.7 Å². The molecule has 0 aliphatic heterocycles. The van der Waals surface area contributed by atoms with Gasteiger partial charge in [-0.15, -0.1) is 0 Å². The van der Waals surface area contributed by atoms with Crippen LogP contribution in [0.4, 0.5) is 4.79 Å². The molecule has 8 nitrogen and oxygen atoms in total. The van der Waals surface area contributed by atoms with Crippen LogP contribution in [0, 0.1) is 0 Å². The van der Waals surface area contributed by atoms with Gasteiger partial charge in [-0.1, -0.05) is 49.4 Å². The van der Waals surface area contributed by atoms with Gasteiger partial charge in [-0.3, -0.25) is 0 Å². The smallest absolute Gasteiger partial charge is 0.409 e. The average molecular weight is 488 g/mol. The minimum Gasteiger partial charge on any atom is -0.492 e. The van der Waals surface area contributed by atoms with Crippen LogP contribution in [0.15, 0.2) is 54.6 Å². The zero-order valence-corrected chi connectivity index (χ0v) is 20.7. The topological polar surface area (TPSA) is 94.5 Å². The SMILES string of the molecule is CCCOC(=O)N(CCCOCc1ccccc1)CCOc1ccc(CC(OCC)C(=O)O)cc1. The molecule has 0 saturated heterocycles. The highest BCUT2D eigenvalue weighted by molar-refractivity contribution is 5.72. The van der Waals surface area contributed by atoms with Crippen LogP contribution in [0.25, 0.3) is 0 Å². The highest BCUT2D eigenvalue weighted by atomic mass is 16.6. The van der Waals surface area contributed by atoms with E-state index in [2.05, 4.69) is 0 Å². The average Bonchev–Trinajstić information content (AvgIpc) is 2.87. The molecule has 1 atom stereocenters. The van der Waals surface area contributed by atoms with E-state index in [1.807, 2.05) is 49.4 Å². The maximum absolute atomic E-state index is 12.4. The van der Waals surface area contributed by atoms with E-state index in [9.17, 15) is 14.7 Å². The molecule has 192 valence electrons. The molecule has 2 aromatic carbocycles. The molecule has 8 heteroatoms. The molecule has 0 aliphatic rings. The summed E-state index contributed by atoms with van der Waals surface area (Å²) in [6.07, 6.45) is 0.505. The van der Waals surface area contributed by atoms with Gasteiger partial charge in [-0.05, 0) is 43.0 Å². The lowest BCUT2D eigenvalue weighted by Gasteiger charge is -2.22. The molecule has 1 amide bonds. The zero-order valence-electron chi connectivity index (χ0n) is 20.7. The van der Waals surface area contributed by atoms with E-state index in [0.29, 0.717) is 58.3 Å². The fourth-order valence-corrected chi connectivity index (χ4v) is 3.32. The lowest BCUT2D eigenvalue weighted by Crippen LogP contribution is -2.36. The molecule has 1 unspecified atom stereocenters. The van der Waals surface area contributed by atoms with E-state index < -0.39 is 12.1 Å². The van der Waals surface area contributed by atoms with Crippen molar-refractivity contribution in [3.63, 3.8) is 0 Å². The summed E-state index contributed by atoms with van der Waals surface area (Å²) in [5.74, 6) is -0.335. The number of hydrogen-bond acceptors (Lipinski definition) is 6. The number of hydrogen-bond donors (Lipinski definition) is 1. The number of amides is 1. The number of aliphatic carboxylic acids is 1. The summed E-state index contributed by atoms with van der Waals surface area (Å²) in [6, 6.07) is 17.2. The number of carbonyl (C=O) groups excluding carboxylic acids is 1. The highest BCUT2D eigenvalue weighted by Crippen LogP contribution is 2.15. The van der Waals surface area contributed by atoms with Crippen molar-refractivity contribution in [2.24, 2.45) is 0 Å². The fourth-order valence-electron chi connectivity index (χ4n) is 3.32. The normalized spacial score (nSPS) is 11.6. The standard InChI is InChI=1S/C27H37NO7/c1-3-17-35-27(31)28(15-8-18-32-21-23-9-6-5-7-10-23)16-19-34-24-13-11-22(12-14-24)20-25(26(29)30)33-4-2/h5-7,9-14,25H,3-4,8,15-21H2,1-2H3,(H,29,30). The van der Waals surface area contributed by atoms with Crippen LogP contribution in [0.1, 0.15) is 37.8 Å². The van der Waals surface area contributed by atoms with E-state index in [1.165, 1.54) is 0 Å². The van der Waals surface area contributed by atoms with Crippen molar-refractivity contribution in [2.45, 2.75) is 45.8 Å². The van der Waals surface area contributed by atoms with Crippen molar-refractivity contribution >= 4 is 12.1 Å². The molecule has 2 rings (SSSR count). The Labute approximate surface area is 207 Å². The maximum Gasteiger partial charge on any atom is 0.409 e. The number of nitrogens with zero attached hydrogens (tertiary/aromatic N) is 1. The van der Waals surface area contributed by atoms with E-state index in [4.69, 9.17) is 18.9 Å². The van der Waals surface area contributed by atoms with E-state index in [1.54, 1.807) is 24.0 Å². The molecule has 0 heterocycles. The van der Waals surface area contributed by atoms with Crippen LogP contribution in [0.5, 0.6) is 5.75 Å². The molecule has 0 saturated carbocycles. The van der Waals surface area contributed by atoms with Gasteiger partial charge in [0.1, 0.15) is 12.4 Å². The number of benzene rings is 2. The van der Waals surface area contributed by atoms with Crippen molar-refractivity contribution in [1.29, 1.82) is 0 Å². The molecule has 35 heavy (non-hydrogen) atoms. The molecular weight excluding hydrogens is 450 g/mol. The first kappa shape index (κ1) is 28.1. The summed E-state index contributed by atoms with van der Waals surface area (Å²) in [7, 11) is 0. The van der Waals surface area contributed by atoms with Crippen molar-refractivity contribution in [1.82, 2.24) is 4.90 Å². The first-order valence-electron chi connectivity index (χ1n) is 12.1. The Balaban J connectivity index is 1.78. The Morgan fingerprint density at radius 3 is 2.31 bits per heavy atom. The highest BCUT2D eigenvalue weighted by Gasteiger charge is 2.18. The van der Waals surface area contributed by atoms with Crippen molar-refractivity contribution in [2.75, 3.05) is 39.5 Å². The Kier molecular flexibility index (Phi) is 13.3. The van der Waals surface area contributed by atoms with Gasteiger partial charge >= 0.3 is 12.1 Å². The predicted octanol–water partition coefficient (Wildman–Crippen LogP) is 4.55. The van der Waals surface area contributed by atoms with Gasteiger partial charge in [0, 0.05) is 26.2 Å². The third kappa shape index (κ3) is 11.2. The fraction of sp³-hybridized carbons (Fsp3) is 0.481. The second kappa shape index (κ2) is 16.5. The van der Waals surface area contributed by atoms with Gasteiger partial charge in [0.15, 0.2) is 6.10 Å². The van der Waals surface area contributed by atoms with Gasteiger partial charge in [0.25, 0.3) is 0 Å². The van der Waals surface area contributed by atoms with Crippen LogP contribution < -0.4 is 4.74 Å². The van der Waals surface area contributed by atoms with Crippen LogP contribution in [0.3, 0.4) is 0 Å². The van der Waals surface area contributed by atoms with Crippen molar-refractivity contribution in [3.8, 4) is 5.75 Å². The number of carboxylic acids is 1. The van der Waals surface area contributed by atoms with E-state index >= 15 is 0 Å². The second-order valence-electron chi connectivity index (χ2n) is 7.97. The van der Waals surface area contributed by atoms with Crippen LogP contribution in [-0.4, -0.2) is 67.7 Å². The third-order valence-corrected chi connectivity index (χ3v) is 5.13. The first-order chi connectivity index (χ1) is 17.0.